The van der Waals surface area contributed by atoms with Crippen molar-refractivity contribution < 1.29 is 4.79 Å². The number of carbonyl (C=O) groups is 1. The normalized spacial score (nSPS) is 18.6. The predicted octanol–water partition coefficient (Wildman–Crippen LogP) is 2.63. The smallest absolute Gasteiger partial charge is 0.257 e. The molecule has 26 heavy (non-hydrogen) atoms. The standard InChI is InChI=1S/C19H28N6O/c1-2-9-24-14-16(13-20-24)19(26)23-11-7-15(8-12-23)18-22-21-17-6-4-3-5-10-25(17)18/h13-15H,2-12H2,1H3. The van der Waals surface area contributed by atoms with Crippen LogP contribution in [0.1, 0.15) is 73.4 Å². The molecule has 0 bridgehead atoms. The number of fused-ring (bicyclic) bond motifs is 1. The lowest BCUT2D eigenvalue weighted by Crippen LogP contribution is -2.38. The highest BCUT2D eigenvalue weighted by atomic mass is 16.2. The summed E-state index contributed by atoms with van der Waals surface area (Å²) in [6.45, 7) is 5.58. The number of nitrogens with zero attached hydrogens (tertiary/aromatic N) is 6. The predicted molar refractivity (Wildman–Crippen MR) is 98.0 cm³/mol. The van der Waals surface area contributed by atoms with Gasteiger partial charge in [0, 0.05) is 44.7 Å². The van der Waals surface area contributed by atoms with Gasteiger partial charge in [0.1, 0.15) is 11.6 Å². The molecule has 1 fully saturated rings. The van der Waals surface area contributed by atoms with Crippen LogP contribution < -0.4 is 0 Å². The van der Waals surface area contributed by atoms with Crippen molar-refractivity contribution in [2.24, 2.45) is 0 Å². The van der Waals surface area contributed by atoms with Crippen LogP contribution in [0.5, 0.6) is 0 Å². The molecule has 1 saturated heterocycles. The molecule has 2 aromatic rings. The summed E-state index contributed by atoms with van der Waals surface area (Å²) in [5.41, 5.74) is 0.702. The highest BCUT2D eigenvalue weighted by Gasteiger charge is 2.29. The third kappa shape index (κ3) is 3.39. The van der Waals surface area contributed by atoms with Crippen LogP contribution in [0.4, 0.5) is 0 Å². The van der Waals surface area contributed by atoms with Gasteiger partial charge in [-0.2, -0.15) is 5.10 Å². The number of aryl methyl sites for hydroxylation is 2. The van der Waals surface area contributed by atoms with Crippen molar-refractivity contribution in [2.75, 3.05) is 13.1 Å². The lowest BCUT2D eigenvalue weighted by Gasteiger charge is -2.31. The molecule has 7 nitrogen and oxygen atoms in total. The zero-order valence-corrected chi connectivity index (χ0v) is 15.6. The Bertz CT molecular complexity index is 756. The van der Waals surface area contributed by atoms with Gasteiger partial charge >= 0.3 is 0 Å². The van der Waals surface area contributed by atoms with Crippen molar-refractivity contribution >= 4 is 5.91 Å². The maximum absolute atomic E-state index is 12.7. The molecule has 1 amide bonds. The molecule has 4 heterocycles. The fourth-order valence-electron chi connectivity index (χ4n) is 4.16. The Kier molecular flexibility index (Phi) is 5.04. The van der Waals surface area contributed by atoms with E-state index in [0.29, 0.717) is 11.5 Å². The average molecular weight is 356 g/mol. The van der Waals surface area contributed by atoms with Crippen LogP contribution in [0.25, 0.3) is 0 Å². The average Bonchev–Trinajstić information content (AvgIpc) is 3.23. The molecule has 0 aromatic carbocycles. The van der Waals surface area contributed by atoms with Crippen molar-refractivity contribution in [2.45, 2.75) is 70.9 Å². The maximum Gasteiger partial charge on any atom is 0.257 e. The maximum atomic E-state index is 12.7. The number of hydrogen-bond donors (Lipinski definition) is 0. The molecular weight excluding hydrogens is 328 g/mol. The second-order valence-corrected chi connectivity index (χ2v) is 7.50. The highest BCUT2D eigenvalue weighted by Crippen LogP contribution is 2.29. The fraction of sp³-hybridized carbons (Fsp3) is 0.684. The molecule has 0 N–H and O–H groups in total. The number of rotatable bonds is 4. The summed E-state index contributed by atoms with van der Waals surface area (Å²) in [5, 5.41) is 13.2. The van der Waals surface area contributed by atoms with E-state index in [1.807, 2.05) is 15.8 Å². The molecule has 4 rings (SSSR count). The molecule has 2 aliphatic rings. The lowest BCUT2D eigenvalue weighted by molar-refractivity contribution is 0.0710. The van der Waals surface area contributed by atoms with E-state index in [1.165, 1.54) is 19.3 Å². The van der Waals surface area contributed by atoms with Gasteiger partial charge in [0.25, 0.3) is 5.91 Å². The Morgan fingerprint density at radius 2 is 2.00 bits per heavy atom. The molecule has 0 unspecified atom stereocenters. The fourth-order valence-corrected chi connectivity index (χ4v) is 4.16. The minimum atomic E-state index is 0.103. The summed E-state index contributed by atoms with van der Waals surface area (Å²) < 4.78 is 4.20. The van der Waals surface area contributed by atoms with Gasteiger partial charge in [0.05, 0.1) is 11.8 Å². The van der Waals surface area contributed by atoms with E-state index in [-0.39, 0.29) is 5.91 Å². The van der Waals surface area contributed by atoms with Gasteiger partial charge in [0.2, 0.25) is 0 Å². The van der Waals surface area contributed by atoms with Gasteiger partial charge in [0.15, 0.2) is 0 Å². The van der Waals surface area contributed by atoms with Gasteiger partial charge < -0.3 is 9.47 Å². The van der Waals surface area contributed by atoms with Gasteiger partial charge in [-0.05, 0) is 32.1 Å². The first-order chi connectivity index (χ1) is 12.8. The summed E-state index contributed by atoms with van der Waals surface area (Å²) in [5.74, 6) is 2.82. The number of piperidine rings is 1. The first kappa shape index (κ1) is 17.2. The summed E-state index contributed by atoms with van der Waals surface area (Å²) in [7, 11) is 0. The minimum Gasteiger partial charge on any atom is -0.339 e. The second-order valence-electron chi connectivity index (χ2n) is 7.50. The summed E-state index contributed by atoms with van der Waals surface area (Å²) >= 11 is 0. The molecule has 0 atom stereocenters. The summed E-state index contributed by atoms with van der Waals surface area (Å²) in [4.78, 5) is 14.7. The Hall–Kier alpha value is -2.18. The third-order valence-corrected chi connectivity index (χ3v) is 5.62. The van der Waals surface area contributed by atoms with Crippen LogP contribution >= 0.6 is 0 Å². The van der Waals surface area contributed by atoms with Crippen molar-refractivity contribution in [1.82, 2.24) is 29.4 Å². The van der Waals surface area contributed by atoms with Crippen LogP contribution in [-0.2, 0) is 19.5 Å². The summed E-state index contributed by atoms with van der Waals surface area (Å²) in [6.07, 6.45) is 11.3. The van der Waals surface area contributed by atoms with E-state index in [2.05, 4.69) is 26.8 Å². The van der Waals surface area contributed by atoms with Crippen LogP contribution in [0, 0.1) is 0 Å². The van der Waals surface area contributed by atoms with Gasteiger partial charge in [-0.15, -0.1) is 10.2 Å². The van der Waals surface area contributed by atoms with Gasteiger partial charge in [-0.25, -0.2) is 0 Å². The largest absolute Gasteiger partial charge is 0.339 e. The Morgan fingerprint density at radius 1 is 1.15 bits per heavy atom. The molecule has 2 aliphatic heterocycles. The third-order valence-electron chi connectivity index (χ3n) is 5.62. The topological polar surface area (TPSA) is 68.8 Å². The first-order valence-corrected chi connectivity index (χ1v) is 10.00. The highest BCUT2D eigenvalue weighted by molar-refractivity contribution is 5.93. The molecular formula is C19H28N6O. The minimum absolute atomic E-state index is 0.103. The Balaban J connectivity index is 1.39. The molecule has 7 heteroatoms. The van der Waals surface area contributed by atoms with E-state index < -0.39 is 0 Å². The van der Waals surface area contributed by atoms with E-state index in [0.717, 1.165) is 63.5 Å². The van der Waals surface area contributed by atoms with E-state index in [9.17, 15) is 4.79 Å². The molecule has 0 aliphatic carbocycles. The van der Waals surface area contributed by atoms with Gasteiger partial charge in [-0.3, -0.25) is 9.48 Å². The number of aromatic nitrogens is 5. The van der Waals surface area contributed by atoms with Crippen molar-refractivity contribution in [3.05, 3.63) is 29.6 Å². The lowest BCUT2D eigenvalue weighted by atomic mass is 9.95. The van der Waals surface area contributed by atoms with Crippen LogP contribution in [-0.4, -0.2) is 48.4 Å². The molecule has 0 spiro atoms. The van der Waals surface area contributed by atoms with Crippen LogP contribution in [0.15, 0.2) is 12.4 Å². The number of amides is 1. The first-order valence-electron chi connectivity index (χ1n) is 10.00. The number of hydrogen-bond acceptors (Lipinski definition) is 4. The SMILES string of the molecule is CCCn1cc(C(=O)N2CCC(c3nnc4n3CCCCC4)CC2)cn1. The second kappa shape index (κ2) is 7.60. The van der Waals surface area contributed by atoms with Crippen molar-refractivity contribution in [1.29, 1.82) is 0 Å². The van der Waals surface area contributed by atoms with E-state index >= 15 is 0 Å². The number of carbonyl (C=O) groups excluding carboxylic acids is 1. The molecule has 140 valence electrons. The molecule has 0 saturated carbocycles. The van der Waals surface area contributed by atoms with E-state index in [4.69, 9.17) is 0 Å². The van der Waals surface area contributed by atoms with Crippen molar-refractivity contribution in [3.63, 3.8) is 0 Å². The Labute approximate surface area is 154 Å². The Morgan fingerprint density at radius 3 is 2.81 bits per heavy atom. The molecule has 2 aromatic heterocycles. The zero-order chi connectivity index (χ0) is 17.9. The van der Waals surface area contributed by atoms with Gasteiger partial charge in [-0.1, -0.05) is 13.3 Å². The monoisotopic (exact) mass is 356 g/mol. The zero-order valence-electron chi connectivity index (χ0n) is 15.6. The summed E-state index contributed by atoms with van der Waals surface area (Å²) in [6, 6.07) is 0. The van der Waals surface area contributed by atoms with Crippen LogP contribution in [0.3, 0.4) is 0 Å². The number of likely N-dealkylation sites (tertiary alicyclic amines) is 1. The van der Waals surface area contributed by atoms with Crippen LogP contribution in [0.2, 0.25) is 0 Å². The van der Waals surface area contributed by atoms with Crippen molar-refractivity contribution in [3.8, 4) is 0 Å². The quantitative estimate of drug-likeness (QED) is 0.844. The molecule has 0 radical (unpaired) electrons. The van der Waals surface area contributed by atoms with E-state index in [1.54, 1.807) is 6.20 Å².